The maximum absolute atomic E-state index is 9.69. The van der Waals surface area contributed by atoms with Crippen molar-refractivity contribution in [2.45, 2.75) is 44.2 Å². The Morgan fingerprint density at radius 2 is 1.84 bits per heavy atom. The van der Waals surface area contributed by atoms with Crippen LogP contribution in [0.25, 0.3) is 0 Å². The van der Waals surface area contributed by atoms with Gasteiger partial charge in [0.05, 0.1) is 20.4 Å². The lowest BCUT2D eigenvalue weighted by Crippen LogP contribution is -2.56. The number of aromatic nitrogens is 2. The van der Waals surface area contributed by atoms with E-state index in [1.807, 2.05) is 18.2 Å². The average molecular weight is 423 g/mol. The van der Waals surface area contributed by atoms with Gasteiger partial charge in [-0.3, -0.25) is 4.90 Å². The first kappa shape index (κ1) is 21.2. The molecule has 0 amide bonds. The van der Waals surface area contributed by atoms with E-state index in [1.54, 1.807) is 20.4 Å². The van der Waals surface area contributed by atoms with E-state index in [9.17, 15) is 5.26 Å². The van der Waals surface area contributed by atoms with Crippen molar-refractivity contribution in [1.82, 2.24) is 14.9 Å². The third-order valence-electron chi connectivity index (χ3n) is 6.38. The Bertz CT molecular complexity index is 935. The van der Waals surface area contributed by atoms with Crippen LogP contribution in [0.4, 0.5) is 17.5 Å². The fraction of sp³-hybridized carbons (Fsp3) is 0.522. The molecule has 4 rings (SSSR count). The second-order valence-corrected chi connectivity index (χ2v) is 8.19. The summed E-state index contributed by atoms with van der Waals surface area (Å²) >= 11 is 0. The Hall–Kier alpha value is -3.05. The van der Waals surface area contributed by atoms with Crippen molar-refractivity contribution < 1.29 is 9.47 Å². The molecule has 2 aliphatic heterocycles. The van der Waals surface area contributed by atoms with E-state index in [0.717, 1.165) is 12.1 Å². The Kier molecular flexibility index (Phi) is 6.42. The molecule has 2 atom stereocenters. The molecule has 31 heavy (non-hydrogen) atoms. The van der Waals surface area contributed by atoms with Crippen molar-refractivity contribution in [3.05, 3.63) is 30.0 Å². The molecule has 0 spiro atoms. The van der Waals surface area contributed by atoms with E-state index >= 15 is 0 Å². The van der Waals surface area contributed by atoms with Gasteiger partial charge in [-0.2, -0.15) is 10.2 Å². The predicted molar refractivity (Wildman–Crippen MR) is 120 cm³/mol. The zero-order valence-electron chi connectivity index (χ0n) is 18.5. The van der Waals surface area contributed by atoms with Crippen molar-refractivity contribution in [3.63, 3.8) is 0 Å². The van der Waals surface area contributed by atoms with Crippen LogP contribution in [0.1, 0.15) is 37.7 Å². The highest BCUT2D eigenvalue weighted by Gasteiger charge is 2.36. The van der Waals surface area contributed by atoms with Crippen molar-refractivity contribution in [2.24, 2.45) is 0 Å². The molecule has 0 bridgehead atoms. The lowest BCUT2D eigenvalue weighted by molar-refractivity contribution is 0.0893. The van der Waals surface area contributed by atoms with Gasteiger partial charge in [0.15, 0.2) is 5.82 Å². The molecule has 1 aromatic heterocycles. The van der Waals surface area contributed by atoms with Crippen LogP contribution >= 0.6 is 0 Å². The van der Waals surface area contributed by atoms with E-state index in [2.05, 4.69) is 33.2 Å². The number of anilines is 3. The van der Waals surface area contributed by atoms with Crippen LogP contribution in [0.15, 0.2) is 24.4 Å². The molecular formula is C23H30N6O2. The number of rotatable bonds is 6. The predicted octanol–water partition coefficient (Wildman–Crippen LogP) is 3.56. The van der Waals surface area contributed by atoms with Gasteiger partial charge in [-0.15, -0.1) is 0 Å². The van der Waals surface area contributed by atoms with Gasteiger partial charge in [0, 0.05) is 43.0 Å². The second-order valence-electron chi connectivity index (χ2n) is 8.19. The Balaban J connectivity index is 1.61. The summed E-state index contributed by atoms with van der Waals surface area (Å²) < 4.78 is 10.7. The molecule has 2 aliphatic rings. The number of nitrogens with one attached hydrogen (secondary N) is 1. The molecule has 2 aromatic rings. The van der Waals surface area contributed by atoms with Crippen LogP contribution in [0.3, 0.4) is 0 Å². The van der Waals surface area contributed by atoms with Crippen molar-refractivity contribution >= 4 is 17.5 Å². The Morgan fingerprint density at radius 1 is 1.10 bits per heavy atom. The molecule has 0 aliphatic carbocycles. The zero-order valence-corrected chi connectivity index (χ0v) is 18.5. The number of likely N-dealkylation sites (N-methyl/N-ethyl adjacent to an activating group) is 1. The van der Waals surface area contributed by atoms with E-state index in [-0.39, 0.29) is 0 Å². The minimum Gasteiger partial charge on any atom is -0.497 e. The number of fused-ring (bicyclic) bond motifs is 1. The molecule has 2 saturated heterocycles. The van der Waals surface area contributed by atoms with Crippen molar-refractivity contribution in [2.75, 3.05) is 44.6 Å². The van der Waals surface area contributed by atoms with E-state index in [0.29, 0.717) is 40.9 Å². The van der Waals surface area contributed by atoms with E-state index < -0.39 is 0 Å². The summed E-state index contributed by atoms with van der Waals surface area (Å²) in [6, 6.07) is 8.66. The summed E-state index contributed by atoms with van der Waals surface area (Å²) in [5.74, 6) is 2.46. The minimum absolute atomic E-state index is 0.348. The molecule has 8 nitrogen and oxygen atoms in total. The zero-order chi connectivity index (χ0) is 21.8. The number of benzene rings is 1. The first-order valence-electron chi connectivity index (χ1n) is 10.9. The molecule has 2 fully saturated rings. The largest absolute Gasteiger partial charge is 0.497 e. The summed E-state index contributed by atoms with van der Waals surface area (Å²) in [5, 5.41) is 12.9. The molecule has 0 unspecified atom stereocenters. The summed E-state index contributed by atoms with van der Waals surface area (Å²) in [6.07, 6.45) is 7.64. The molecule has 0 radical (unpaired) electrons. The van der Waals surface area contributed by atoms with E-state index in [1.165, 1.54) is 38.8 Å². The van der Waals surface area contributed by atoms with Crippen LogP contribution in [-0.4, -0.2) is 61.3 Å². The van der Waals surface area contributed by atoms with Crippen LogP contribution in [0.5, 0.6) is 11.5 Å². The number of methoxy groups -OCH3 is 2. The molecule has 8 heteroatoms. The summed E-state index contributed by atoms with van der Waals surface area (Å²) in [5.41, 5.74) is 1.25. The number of hydrogen-bond acceptors (Lipinski definition) is 8. The highest BCUT2D eigenvalue weighted by Crippen LogP contribution is 2.33. The van der Waals surface area contributed by atoms with Gasteiger partial charge in [0.2, 0.25) is 5.95 Å². The lowest BCUT2D eigenvalue weighted by Gasteiger charge is -2.47. The van der Waals surface area contributed by atoms with Gasteiger partial charge in [-0.05, 0) is 38.8 Å². The first-order chi connectivity index (χ1) is 15.1. The fourth-order valence-electron chi connectivity index (χ4n) is 4.82. The van der Waals surface area contributed by atoms with Crippen LogP contribution < -0.4 is 19.7 Å². The number of piperidine rings is 2. The number of nitrogens with zero attached hydrogens (tertiary/aromatic N) is 5. The first-order valence-corrected chi connectivity index (χ1v) is 10.9. The van der Waals surface area contributed by atoms with Gasteiger partial charge in [-0.25, -0.2) is 4.98 Å². The quantitative estimate of drug-likeness (QED) is 0.756. The maximum atomic E-state index is 9.69. The molecule has 1 N–H and O–H groups in total. The fourth-order valence-corrected chi connectivity index (χ4v) is 4.82. The van der Waals surface area contributed by atoms with Crippen molar-refractivity contribution in [1.29, 1.82) is 5.26 Å². The smallest absolute Gasteiger partial charge is 0.229 e. The van der Waals surface area contributed by atoms with Crippen LogP contribution in [0, 0.1) is 11.3 Å². The molecular weight excluding hydrogens is 392 g/mol. The van der Waals surface area contributed by atoms with E-state index in [4.69, 9.17) is 14.5 Å². The van der Waals surface area contributed by atoms with Crippen molar-refractivity contribution in [3.8, 4) is 17.6 Å². The number of nitriles is 1. The topological polar surface area (TPSA) is 86.5 Å². The van der Waals surface area contributed by atoms with Crippen LogP contribution in [-0.2, 0) is 0 Å². The Morgan fingerprint density at radius 3 is 2.55 bits per heavy atom. The number of hydrogen-bond donors (Lipinski definition) is 1. The van der Waals surface area contributed by atoms with Gasteiger partial charge in [-0.1, -0.05) is 6.42 Å². The van der Waals surface area contributed by atoms with Gasteiger partial charge in [0.25, 0.3) is 0 Å². The summed E-state index contributed by atoms with van der Waals surface area (Å²) in [4.78, 5) is 13.9. The van der Waals surface area contributed by atoms with Crippen LogP contribution in [0.2, 0.25) is 0 Å². The molecule has 164 valence electrons. The molecule has 1 aromatic carbocycles. The molecule has 3 heterocycles. The average Bonchev–Trinajstić information content (AvgIpc) is 2.82. The highest BCUT2D eigenvalue weighted by atomic mass is 16.5. The third-order valence-corrected chi connectivity index (χ3v) is 6.38. The van der Waals surface area contributed by atoms with Gasteiger partial charge >= 0.3 is 0 Å². The lowest BCUT2D eigenvalue weighted by atomic mass is 9.88. The SMILES string of the molecule is COc1cc(Nc2ncc(C#N)c(N(C)[C@H]3CCCN4CCCC[C@H]34)n2)cc(OC)c1. The summed E-state index contributed by atoms with van der Waals surface area (Å²) in [6.45, 7) is 2.35. The van der Waals surface area contributed by atoms with Gasteiger partial charge in [0.1, 0.15) is 23.1 Å². The summed E-state index contributed by atoms with van der Waals surface area (Å²) in [7, 11) is 5.29. The maximum Gasteiger partial charge on any atom is 0.229 e. The minimum atomic E-state index is 0.348. The highest BCUT2D eigenvalue weighted by molar-refractivity contribution is 5.62. The second kappa shape index (κ2) is 9.40. The number of ether oxygens (including phenoxy) is 2. The standard InChI is InChI=1S/C23H30N6O2/c1-28(20-8-6-10-29-9-5-4-7-21(20)29)22-16(14-24)15-25-23(27-22)26-17-11-18(30-2)13-19(12-17)31-3/h11-13,15,20-21H,4-10H2,1-3H3,(H,25,26,27)/t20-,21+/m0/s1. The van der Waals surface area contributed by atoms with Gasteiger partial charge < -0.3 is 19.7 Å². The molecule has 0 saturated carbocycles. The monoisotopic (exact) mass is 422 g/mol. The third kappa shape index (κ3) is 4.52. The normalized spacial score (nSPS) is 21.0. The Labute approximate surface area is 183 Å².